The molecule has 3 N–H and O–H groups in total. The molecule has 0 aromatic heterocycles. The number of hydrogen-bond donors (Lipinski definition) is 3. The highest BCUT2D eigenvalue weighted by atomic mass is 127. The number of hydrogen-bond acceptors (Lipinski definition) is 3. The van der Waals surface area contributed by atoms with Crippen LogP contribution >= 0.6 is 24.0 Å². The van der Waals surface area contributed by atoms with Gasteiger partial charge in [-0.1, -0.05) is 13.8 Å². The summed E-state index contributed by atoms with van der Waals surface area (Å²) < 4.78 is 0. The van der Waals surface area contributed by atoms with Crippen molar-refractivity contribution >= 4 is 35.8 Å². The number of carbonyl (C=O) groups excluding carboxylic acids is 1. The number of rotatable bonds is 11. The van der Waals surface area contributed by atoms with Gasteiger partial charge in [-0.2, -0.15) is 0 Å². The van der Waals surface area contributed by atoms with Gasteiger partial charge in [-0.3, -0.25) is 9.79 Å². The molecule has 0 aliphatic carbocycles. The fourth-order valence-electron chi connectivity index (χ4n) is 2.45. The minimum Gasteiger partial charge on any atom is -0.356 e. The van der Waals surface area contributed by atoms with Crippen LogP contribution in [0.15, 0.2) is 4.99 Å². The van der Waals surface area contributed by atoms with Gasteiger partial charge in [0.25, 0.3) is 0 Å². The van der Waals surface area contributed by atoms with Crippen molar-refractivity contribution in [1.29, 1.82) is 0 Å². The molecule has 0 saturated carbocycles. The number of amides is 1. The van der Waals surface area contributed by atoms with E-state index in [0.29, 0.717) is 19.1 Å². The molecule has 150 valence electrons. The average molecular weight is 469 g/mol. The highest BCUT2D eigenvalue weighted by Gasteiger charge is 2.27. The Kier molecular flexibility index (Phi) is 15.6. The first-order valence-electron chi connectivity index (χ1n) is 9.28. The lowest BCUT2D eigenvalue weighted by molar-refractivity contribution is -0.128. The van der Waals surface area contributed by atoms with E-state index in [-0.39, 0.29) is 29.9 Å². The SMILES string of the molecule is CCNC(=O)C(C)(C)CNC(=NC)NC(C)CCCN(CC)CC.I. The van der Waals surface area contributed by atoms with Gasteiger partial charge in [0, 0.05) is 26.2 Å². The Morgan fingerprint density at radius 1 is 1.16 bits per heavy atom. The fraction of sp³-hybridized carbons (Fsp3) is 0.889. The normalized spacial score (nSPS) is 13.2. The molecule has 6 nitrogen and oxygen atoms in total. The van der Waals surface area contributed by atoms with Crippen LogP contribution in [0.3, 0.4) is 0 Å². The molecule has 1 unspecified atom stereocenters. The van der Waals surface area contributed by atoms with Crippen molar-refractivity contribution in [3.8, 4) is 0 Å². The third kappa shape index (κ3) is 11.6. The first-order valence-corrected chi connectivity index (χ1v) is 9.28. The highest BCUT2D eigenvalue weighted by molar-refractivity contribution is 14.0. The van der Waals surface area contributed by atoms with Gasteiger partial charge < -0.3 is 20.9 Å². The largest absolute Gasteiger partial charge is 0.356 e. The van der Waals surface area contributed by atoms with Gasteiger partial charge in [0.2, 0.25) is 5.91 Å². The Labute approximate surface area is 172 Å². The lowest BCUT2D eigenvalue weighted by Gasteiger charge is -2.26. The summed E-state index contributed by atoms with van der Waals surface area (Å²) in [6, 6.07) is 0.347. The number of aliphatic imine (C=N–C) groups is 1. The monoisotopic (exact) mass is 469 g/mol. The van der Waals surface area contributed by atoms with Crippen molar-refractivity contribution < 1.29 is 4.79 Å². The van der Waals surface area contributed by atoms with E-state index in [1.54, 1.807) is 7.05 Å². The van der Waals surface area contributed by atoms with Crippen LogP contribution in [-0.2, 0) is 4.79 Å². The number of nitrogens with one attached hydrogen (secondary N) is 3. The summed E-state index contributed by atoms with van der Waals surface area (Å²) in [5.74, 6) is 0.808. The fourth-order valence-corrected chi connectivity index (χ4v) is 2.45. The van der Waals surface area contributed by atoms with E-state index in [0.717, 1.165) is 38.4 Å². The van der Waals surface area contributed by atoms with Crippen LogP contribution in [0.5, 0.6) is 0 Å². The molecule has 0 aromatic carbocycles. The summed E-state index contributed by atoms with van der Waals surface area (Å²) in [6.45, 7) is 16.9. The Hall–Kier alpha value is -0.570. The zero-order valence-electron chi connectivity index (χ0n) is 17.2. The molecule has 0 fully saturated rings. The van der Waals surface area contributed by atoms with Crippen LogP contribution in [0.4, 0.5) is 0 Å². The topological polar surface area (TPSA) is 68.8 Å². The van der Waals surface area contributed by atoms with Crippen LogP contribution < -0.4 is 16.0 Å². The molecule has 0 heterocycles. The summed E-state index contributed by atoms with van der Waals surface area (Å²) in [5.41, 5.74) is -0.473. The average Bonchev–Trinajstić information content (AvgIpc) is 2.55. The quantitative estimate of drug-likeness (QED) is 0.247. The first kappa shape index (κ1) is 26.7. The zero-order chi connectivity index (χ0) is 18.6. The summed E-state index contributed by atoms with van der Waals surface area (Å²) in [7, 11) is 1.76. The Morgan fingerprint density at radius 3 is 2.24 bits per heavy atom. The highest BCUT2D eigenvalue weighted by Crippen LogP contribution is 2.13. The molecule has 0 saturated heterocycles. The molecule has 0 aliphatic rings. The van der Waals surface area contributed by atoms with Gasteiger partial charge >= 0.3 is 0 Å². The molecule has 7 heteroatoms. The van der Waals surface area contributed by atoms with E-state index in [9.17, 15) is 4.79 Å². The molecule has 0 radical (unpaired) electrons. The summed E-state index contributed by atoms with van der Waals surface area (Å²) in [5, 5.41) is 9.55. The molecule has 0 rings (SSSR count). The predicted octanol–water partition coefficient (Wildman–Crippen LogP) is 2.44. The lowest BCUT2D eigenvalue weighted by Crippen LogP contribution is -2.49. The van der Waals surface area contributed by atoms with Crippen molar-refractivity contribution in [2.24, 2.45) is 10.4 Å². The minimum atomic E-state index is -0.473. The number of carbonyl (C=O) groups is 1. The maximum Gasteiger partial charge on any atom is 0.227 e. The molecule has 0 aromatic rings. The van der Waals surface area contributed by atoms with Crippen molar-refractivity contribution in [2.75, 3.05) is 39.8 Å². The maximum absolute atomic E-state index is 12.0. The second-order valence-corrected chi connectivity index (χ2v) is 6.88. The Morgan fingerprint density at radius 2 is 1.76 bits per heavy atom. The third-order valence-electron chi connectivity index (χ3n) is 4.26. The van der Waals surface area contributed by atoms with Crippen LogP contribution in [0, 0.1) is 5.41 Å². The van der Waals surface area contributed by atoms with E-state index in [4.69, 9.17) is 0 Å². The van der Waals surface area contributed by atoms with Crippen LogP contribution in [-0.4, -0.2) is 62.6 Å². The van der Waals surface area contributed by atoms with Gasteiger partial charge in [0.15, 0.2) is 5.96 Å². The summed E-state index contributed by atoms with van der Waals surface area (Å²) in [6.07, 6.45) is 2.26. The number of guanidine groups is 1. The van der Waals surface area contributed by atoms with Crippen molar-refractivity contribution in [3.05, 3.63) is 0 Å². The van der Waals surface area contributed by atoms with Gasteiger partial charge in [-0.25, -0.2) is 0 Å². The number of nitrogens with zero attached hydrogens (tertiary/aromatic N) is 2. The lowest BCUT2D eigenvalue weighted by atomic mass is 9.92. The van der Waals surface area contributed by atoms with Crippen LogP contribution in [0.25, 0.3) is 0 Å². The maximum atomic E-state index is 12.0. The van der Waals surface area contributed by atoms with E-state index in [2.05, 4.69) is 46.6 Å². The van der Waals surface area contributed by atoms with E-state index < -0.39 is 5.41 Å². The molecule has 25 heavy (non-hydrogen) atoms. The molecular formula is C18H40IN5O. The van der Waals surface area contributed by atoms with Gasteiger partial charge in [-0.05, 0) is 60.2 Å². The molecule has 0 bridgehead atoms. The standard InChI is InChI=1S/C18H39N5O.HI/c1-8-20-16(24)18(5,6)14-21-17(19-7)22-15(4)12-11-13-23(9-2)10-3;/h15H,8-14H2,1-7H3,(H,20,24)(H2,19,21,22);1H. The smallest absolute Gasteiger partial charge is 0.227 e. The Bertz CT molecular complexity index is 384. The zero-order valence-corrected chi connectivity index (χ0v) is 19.6. The van der Waals surface area contributed by atoms with Crippen LogP contribution in [0.2, 0.25) is 0 Å². The van der Waals surface area contributed by atoms with Gasteiger partial charge in [0.05, 0.1) is 5.41 Å². The van der Waals surface area contributed by atoms with Crippen molar-refractivity contribution in [1.82, 2.24) is 20.9 Å². The van der Waals surface area contributed by atoms with Crippen LogP contribution in [0.1, 0.15) is 54.4 Å². The van der Waals surface area contributed by atoms with E-state index in [1.807, 2.05) is 20.8 Å². The molecule has 0 aliphatic heterocycles. The molecule has 1 atom stereocenters. The second-order valence-electron chi connectivity index (χ2n) is 6.88. The van der Waals surface area contributed by atoms with Gasteiger partial charge in [0.1, 0.15) is 0 Å². The number of halogens is 1. The van der Waals surface area contributed by atoms with Crippen molar-refractivity contribution in [2.45, 2.75) is 60.4 Å². The van der Waals surface area contributed by atoms with Gasteiger partial charge in [-0.15, -0.1) is 24.0 Å². The second kappa shape index (κ2) is 14.6. The molecule has 1 amide bonds. The predicted molar refractivity (Wildman–Crippen MR) is 119 cm³/mol. The minimum absolute atomic E-state index is 0. The Balaban J connectivity index is 0. The molecular weight excluding hydrogens is 429 g/mol. The summed E-state index contributed by atoms with van der Waals surface area (Å²) >= 11 is 0. The van der Waals surface area contributed by atoms with E-state index in [1.165, 1.54) is 0 Å². The first-order chi connectivity index (χ1) is 11.3. The summed E-state index contributed by atoms with van der Waals surface area (Å²) in [4.78, 5) is 18.7. The molecule has 0 spiro atoms. The van der Waals surface area contributed by atoms with E-state index >= 15 is 0 Å². The van der Waals surface area contributed by atoms with Crippen molar-refractivity contribution in [3.63, 3.8) is 0 Å². The third-order valence-corrected chi connectivity index (χ3v) is 4.26.